The maximum absolute atomic E-state index is 12.2. The molecule has 0 aromatic carbocycles. The van der Waals surface area contributed by atoms with Crippen LogP contribution in [0.4, 0.5) is 0 Å². The molecule has 0 saturated carbocycles. The van der Waals surface area contributed by atoms with Crippen molar-refractivity contribution >= 4 is 5.91 Å². The summed E-state index contributed by atoms with van der Waals surface area (Å²) in [6.07, 6.45) is 3.71. The van der Waals surface area contributed by atoms with Crippen LogP contribution in [0.15, 0.2) is 6.20 Å². The standard InChI is InChI=1S/C12H21N5O2/c1-2-19-10-3-6-16(7-4-10)12(18)11-9-17(8-5-13)15-14-11/h9-10H,2-8,13H2,1H3. The maximum atomic E-state index is 12.2. The van der Waals surface area contributed by atoms with Gasteiger partial charge in [0.2, 0.25) is 0 Å². The van der Waals surface area contributed by atoms with Gasteiger partial charge in [0, 0.05) is 26.2 Å². The van der Waals surface area contributed by atoms with Crippen LogP contribution in [0, 0.1) is 0 Å². The zero-order chi connectivity index (χ0) is 13.7. The molecule has 1 aliphatic rings. The first kappa shape index (κ1) is 14.0. The highest BCUT2D eigenvalue weighted by atomic mass is 16.5. The number of aromatic nitrogens is 3. The van der Waals surface area contributed by atoms with Crippen LogP contribution in [-0.4, -0.2) is 58.1 Å². The fourth-order valence-electron chi connectivity index (χ4n) is 2.26. The van der Waals surface area contributed by atoms with Crippen LogP contribution >= 0.6 is 0 Å². The van der Waals surface area contributed by atoms with Gasteiger partial charge >= 0.3 is 0 Å². The number of carbonyl (C=O) groups excluding carboxylic acids is 1. The van der Waals surface area contributed by atoms with Gasteiger partial charge in [-0.3, -0.25) is 9.48 Å². The number of rotatable bonds is 5. The molecule has 2 heterocycles. The fraction of sp³-hybridized carbons (Fsp3) is 0.750. The maximum Gasteiger partial charge on any atom is 0.276 e. The first-order valence-corrected chi connectivity index (χ1v) is 6.75. The number of hydrogen-bond acceptors (Lipinski definition) is 5. The minimum absolute atomic E-state index is 0.0572. The van der Waals surface area contributed by atoms with Gasteiger partial charge in [0.15, 0.2) is 5.69 Å². The molecule has 1 aliphatic heterocycles. The van der Waals surface area contributed by atoms with E-state index in [0.717, 1.165) is 19.4 Å². The quantitative estimate of drug-likeness (QED) is 0.803. The summed E-state index contributed by atoms with van der Waals surface area (Å²) in [6, 6.07) is 0. The van der Waals surface area contributed by atoms with Gasteiger partial charge in [-0.2, -0.15) is 0 Å². The Morgan fingerprint density at radius 1 is 1.53 bits per heavy atom. The molecule has 0 spiro atoms. The van der Waals surface area contributed by atoms with E-state index in [4.69, 9.17) is 10.5 Å². The summed E-state index contributed by atoms with van der Waals surface area (Å²) in [4.78, 5) is 14.0. The van der Waals surface area contributed by atoms with Crippen molar-refractivity contribution in [3.8, 4) is 0 Å². The number of likely N-dealkylation sites (tertiary alicyclic amines) is 1. The van der Waals surface area contributed by atoms with Gasteiger partial charge in [-0.15, -0.1) is 5.10 Å². The Balaban J connectivity index is 1.89. The Morgan fingerprint density at radius 2 is 2.26 bits per heavy atom. The molecular weight excluding hydrogens is 246 g/mol. The van der Waals surface area contributed by atoms with Gasteiger partial charge < -0.3 is 15.4 Å². The van der Waals surface area contributed by atoms with Gasteiger partial charge in [0.25, 0.3) is 5.91 Å². The second kappa shape index (κ2) is 6.63. The minimum atomic E-state index is -0.0572. The number of carbonyl (C=O) groups is 1. The van der Waals surface area contributed by atoms with Crippen molar-refractivity contribution in [3.63, 3.8) is 0 Å². The third-order valence-corrected chi connectivity index (χ3v) is 3.25. The molecule has 2 N–H and O–H groups in total. The molecule has 0 aliphatic carbocycles. The van der Waals surface area contributed by atoms with Gasteiger partial charge in [-0.05, 0) is 19.8 Å². The largest absolute Gasteiger partial charge is 0.378 e. The molecule has 7 heteroatoms. The molecule has 0 unspecified atom stereocenters. The highest BCUT2D eigenvalue weighted by molar-refractivity contribution is 5.91. The van der Waals surface area contributed by atoms with Crippen molar-refractivity contribution in [2.45, 2.75) is 32.4 Å². The molecule has 0 atom stereocenters. The lowest BCUT2D eigenvalue weighted by molar-refractivity contribution is 0.0144. The number of hydrogen-bond donors (Lipinski definition) is 1. The Hall–Kier alpha value is -1.47. The van der Waals surface area contributed by atoms with Crippen LogP contribution in [-0.2, 0) is 11.3 Å². The predicted octanol–water partition coefficient (Wildman–Crippen LogP) is -0.122. The van der Waals surface area contributed by atoms with E-state index >= 15 is 0 Å². The van der Waals surface area contributed by atoms with Crippen molar-refractivity contribution in [2.24, 2.45) is 5.73 Å². The Morgan fingerprint density at radius 3 is 2.89 bits per heavy atom. The summed E-state index contributed by atoms with van der Waals surface area (Å²) in [5.74, 6) is -0.0572. The Bertz CT molecular complexity index is 412. The van der Waals surface area contributed by atoms with E-state index in [0.29, 0.717) is 31.9 Å². The molecule has 2 rings (SSSR count). The van der Waals surface area contributed by atoms with Gasteiger partial charge in [0.05, 0.1) is 18.8 Å². The second-order valence-corrected chi connectivity index (χ2v) is 4.60. The fourth-order valence-corrected chi connectivity index (χ4v) is 2.26. The average Bonchev–Trinajstić information content (AvgIpc) is 2.88. The molecule has 106 valence electrons. The summed E-state index contributed by atoms with van der Waals surface area (Å²) in [7, 11) is 0. The highest BCUT2D eigenvalue weighted by Gasteiger charge is 2.25. The lowest BCUT2D eigenvalue weighted by Crippen LogP contribution is -2.41. The van der Waals surface area contributed by atoms with Crippen LogP contribution in [0.5, 0.6) is 0 Å². The smallest absolute Gasteiger partial charge is 0.276 e. The Labute approximate surface area is 112 Å². The summed E-state index contributed by atoms with van der Waals surface area (Å²) < 4.78 is 7.17. The van der Waals surface area contributed by atoms with Crippen LogP contribution in [0.3, 0.4) is 0 Å². The number of amides is 1. The third-order valence-electron chi connectivity index (χ3n) is 3.25. The van der Waals surface area contributed by atoms with Gasteiger partial charge in [0.1, 0.15) is 0 Å². The van der Waals surface area contributed by atoms with Crippen molar-refractivity contribution in [2.75, 3.05) is 26.2 Å². The first-order chi connectivity index (χ1) is 9.24. The summed E-state index contributed by atoms with van der Waals surface area (Å²) in [5.41, 5.74) is 5.83. The second-order valence-electron chi connectivity index (χ2n) is 4.60. The molecule has 1 aromatic heterocycles. The van der Waals surface area contributed by atoms with E-state index in [1.54, 1.807) is 10.9 Å². The van der Waals surface area contributed by atoms with Crippen LogP contribution in [0.25, 0.3) is 0 Å². The van der Waals surface area contributed by atoms with Crippen molar-refractivity contribution in [1.29, 1.82) is 0 Å². The van der Waals surface area contributed by atoms with Crippen molar-refractivity contribution < 1.29 is 9.53 Å². The molecule has 1 saturated heterocycles. The summed E-state index contributed by atoms with van der Waals surface area (Å²) >= 11 is 0. The normalized spacial score (nSPS) is 16.8. The average molecular weight is 267 g/mol. The van der Waals surface area contributed by atoms with E-state index in [1.807, 2.05) is 11.8 Å². The van der Waals surface area contributed by atoms with Crippen molar-refractivity contribution in [1.82, 2.24) is 19.9 Å². The summed E-state index contributed by atoms with van der Waals surface area (Å²) in [6.45, 7) is 5.21. The third kappa shape index (κ3) is 3.51. The van der Waals surface area contributed by atoms with Crippen molar-refractivity contribution in [3.05, 3.63) is 11.9 Å². The van der Waals surface area contributed by atoms with E-state index in [-0.39, 0.29) is 12.0 Å². The topological polar surface area (TPSA) is 86.3 Å². The SMILES string of the molecule is CCOC1CCN(C(=O)c2cn(CCN)nn2)CC1. The minimum Gasteiger partial charge on any atom is -0.378 e. The molecule has 19 heavy (non-hydrogen) atoms. The van der Waals surface area contributed by atoms with Crippen LogP contribution in [0.1, 0.15) is 30.3 Å². The lowest BCUT2D eigenvalue weighted by Gasteiger charge is -2.31. The van der Waals surface area contributed by atoms with E-state index in [1.165, 1.54) is 0 Å². The van der Waals surface area contributed by atoms with Crippen LogP contribution in [0.2, 0.25) is 0 Å². The number of nitrogens with zero attached hydrogens (tertiary/aromatic N) is 4. The zero-order valence-corrected chi connectivity index (χ0v) is 11.3. The summed E-state index contributed by atoms with van der Waals surface area (Å²) in [5, 5.41) is 7.78. The molecule has 0 radical (unpaired) electrons. The number of ether oxygens (including phenoxy) is 1. The van der Waals surface area contributed by atoms with E-state index in [9.17, 15) is 4.79 Å². The van der Waals surface area contributed by atoms with E-state index < -0.39 is 0 Å². The highest BCUT2D eigenvalue weighted by Crippen LogP contribution is 2.15. The molecule has 0 bridgehead atoms. The van der Waals surface area contributed by atoms with Crippen LogP contribution < -0.4 is 5.73 Å². The van der Waals surface area contributed by atoms with Gasteiger partial charge in [-0.1, -0.05) is 5.21 Å². The van der Waals surface area contributed by atoms with Gasteiger partial charge in [-0.25, -0.2) is 0 Å². The van der Waals surface area contributed by atoms with E-state index in [2.05, 4.69) is 10.3 Å². The molecule has 1 fully saturated rings. The predicted molar refractivity (Wildman–Crippen MR) is 69.6 cm³/mol. The molecule has 1 aromatic rings. The number of nitrogens with two attached hydrogens (primary N) is 1. The Kier molecular flexibility index (Phi) is 4.86. The first-order valence-electron chi connectivity index (χ1n) is 6.75. The molecule has 7 nitrogen and oxygen atoms in total. The molecular formula is C12H21N5O2. The monoisotopic (exact) mass is 267 g/mol. The molecule has 1 amide bonds. The number of piperidine rings is 1. The lowest BCUT2D eigenvalue weighted by atomic mass is 10.1. The zero-order valence-electron chi connectivity index (χ0n) is 11.3.